The van der Waals surface area contributed by atoms with Crippen LogP contribution in [-0.2, 0) is 15.8 Å². The van der Waals surface area contributed by atoms with Crippen LogP contribution in [-0.4, -0.2) is 45.3 Å². The Kier molecular flexibility index (Phi) is 6.58. The van der Waals surface area contributed by atoms with Crippen molar-refractivity contribution in [1.82, 2.24) is 9.97 Å². The van der Waals surface area contributed by atoms with Gasteiger partial charge in [0.25, 0.3) is 0 Å². The van der Waals surface area contributed by atoms with Gasteiger partial charge in [0.1, 0.15) is 22.2 Å². The van der Waals surface area contributed by atoms with E-state index in [0.717, 1.165) is 16.7 Å². The van der Waals surface area contributed by atoms with Crippen LogP contribution in [0.2, 0.25) is 0 Å². The Morgan fingerprint density at radius 2 is 1.80 bits per heavy atom. The van der Waals surface area contributed by atoms with Crippen LogP contribution in [0.1, 0.15) is 30.5 Å². The third kappa shape index (κ3) is 4.88. The number of carboxylic acid groups (broad SMARTS) is 2. The number of nitrogens with zero attached hydrogens (tertiary/aromatic N) is 2. The molecule has 0 spiro atoms. The number of pyridine rings is 1. The van der Waals surface area contributed by atoms with Crippen LogP contribution in [0.5, 0.6) is 11.5 Å². The van der Waals surface area contributed by atoms with E-state index in [9.17, 15) is 33.0 Å². The third-order valence-electron chi connectivity index (χ3n) is 6.11. The molecule has 1 fully saturated rings. The van der Waals surface area contributed by atoms with Gasteiger partial charge in [0.15, 0.2) is 5.69 Å². The number of hydrogen-bond acceptors (Lipinski definition) is 7. The van der Waals surface area contributed by atoms with E-state index in [4.69, 9.17) is 9.47 Å². The van der Waals surface area contributed by atoms with E-state index in [1.54, 1.807) is 19.1 Å². The summed E-state index contributed by atoms with van der Waals surface area (Å²) in [6, 6.07) is 4.89. The summed E-state index contributed by atoms with van der Waals surface area (Å²) in [5, 5.41) is 20.4. The minimum Gasteiger partial charge on any atom is -0.496 e. The van der Waals surface area contributed by atoms with Crippen LogP contribution in [0.4, 0.5) is 13.2 Å². The maximum atomic E-state index is 13.1. The SMILES string of the molecule is COc1ccc2c(O[C@@H]3CC[C@@H](C(=O)O)[C@H](C(=O)O)C3)cc(-c3nc(C(F)(F)F)cs3)nc2c1C. The number of carbonyl (C=O) groups is 2. The molecule has 0 bridgehead atoms. The predicted octanol–water partition coefficient (Wildman–Crippen LogP) is 5.03. The highest BCUT2D eigenvalue weighted by atomic mass is 32.1. The summed E-state index contributed by atoms with van der Waals surface area (Å²) in [4.78, 5) is 31.4. The average Bonchev–Trinajstić information content (AvgIpc) is 3.30. The first-order valence-electron chi connectivity index (χ1n) is 10.6. The van der Waals surface area contributed by atoms with E-state index in [-0.39, 0.29) is 23.5 Å². The van der Waals surface area contributed by atoms with E-state index in [1.807, 2.05) is 0 Å². The van der Waals surface area contributed by atoms with Crippen LogP contribution >= 0.6 is 11.3 Å². The predicted molar refractivity (Wildman–Crippen MR) is 120 cm³/mol. The molecule has 1 aromatic carbocycles. The molecular weight excluding hydrogens is 489 g/mol. The first-order valence-corrected chi connectivity index (χ1v) is 11.5. The van der Waals surface area contributed by atoms with Gasteiger partial charge in [0.2, 0.25) is 0 Å². The van der Waals surface area contributed by atoms with Crippen LogP contribution in [0.25, 0.3) is 21.6 Å². The summed E-state index contributed by atoms with van der Waals surface area (Å²) in [5.74, 6) is -3.69. The number of methoxy groups -OCH3 is 1. The lowest BCUT2D eigenvalue weighted by atomic mass is 9.78. The number of alkyl halides is 3. The zero-order chi connectivity index (χ0) is 25.5. The minimum absolute atomic E-state index is 0.0178. The average molecular weight is 510 g/mol. The van der Waals surface area contributed by atoms with Gasteiger partial charge in [-0.05, 0) is 38.3 Å². The van der Waals surface area contributed by atoms with Crippen molar-refractivity contribution in [3.8, 4) is 22.2 Å². The summed E-state index contributed by atoms with van der Waals surface area (Å²) in [6.07, 6.45) is -4.78. The first-order chi connectivity index (χ1) is 16.5. The van der Waals surface area contributed by atoms with Gasteiger partial charge in [-0.3, -0.25) is 9.59 Å². The van der Waals surface area contributed by atoms with E-state index < -0.39 is 41.7 Å². The molecule has 2 aromatic heterocycles. The van der Waals surface area contributed by atoms with Crippen LogP contribution in [0, 0.1) is 18.8 Å². The Labute approximate surface area is 201 Å². The Morgan fingerprint density at radius 3 is 2.40 bits per heavy atom. The number of thiazole rings is 1. The number of carboxylic acids is 2. The summed E-state index contributed by atoms with van der Waals surface area (Å²) in [6.45, 7) is 1.75. The normalized spacial score (nSPS) is 20.5. The molecule has 35 heavy (non-hydrogen) atoms. The zero-order valence-electron chi connectivity index (χ0n) is 18.6. The topological polar surface area (TPSA) is 119 Å². The Bertz CT molecular complexity index is 1290. The van der Waals surface area contributed by atoms with Gasteiger partial charge in [-0.2, -0.15) is 13.2 Å². The molecule has 186 valence electrons. The Balaban J connectivity index is 1.76. The molecule has 0 aliphatic heterocycles. The van der Waals surface area contributed by atoms with Crippen molar-refractivity contribution < 1.29 is 42.4 Å². The molecule has 2 N–H and O–H groups in total. The van der Waals surface area contributed by atoms with Gasteiger partial charge in [-0.25, -0.2) is 9.97 Å². The van der Waals surface area contributed by atoms with Gasteiger partial charge >= 0.3 is 18.1 Å². The van der Waals surface area contributed by atoms with Crippen LogP contribution < -0.4 is 9.47 Å². The molecule has 8 nitrogen and oxygen atoms in total. The van der Waals surface area contributed by atoms with Crippen LogP contribution in [0.15, 0.2) is 23.6 Å². The zero-order valence-corrected chi connectivity index (χ0v) is 19.4. The number of ether oxygens (including phenoxy) is 2. The van der Waals surface area contributed by atoms with Gasteiger partial charge < -0.3 is 19.7 Å². The molecule has 0 unspecified atom stereocenters. The number of hydrogen-bond donors (Lipinski definition) is 2. The van der Waals surface area contributed by atoms with Crippen LogP contribution in [0.3, 0.4) is 0 Å². The lowest BCUT2D eigenvalue weighted by Gasteiger charge is -2.32. The number of halogens is 3. The van der Waals surface area contributed by atoms with Crippen molar-refractivity contribution in [2.45, 2.75) is 38.5 Å². The number of fused-ring (bicyclic) bond motifs is 1. The maximum absolute atomic E-state index is 13.1. The monoisotopic (exact) mass is 510 g/mol. The second-order valence-corrected chi connectivity index (χ2v) is 9.13. The molecule has 12 heteroatoms. The van der Waals surface area contributed by atoms with E-state index in [2.05, 4.69) is 9.97 Å². The van der Waals surface area contributed by atoms with Gasteiger partial charge in [-0.1, -0.05) is 0 Å². The smallest absolute Gasteiger partial charge is 0.434 e. The third-order valence-corrected chi connectivity index (χ3v) is 6.98. The number of aromatic nitrogens is 2. The molecule has 0 radical (unpaired) electrons. The lowest BCUT2D eigenvalue weighted by Crippen LogP contribution is -2.39. The van der Waals surface area contributed by atoms with E-state index >= 15 is 0 Å². The standard InChI is InChI=1S/C23H21F3N2O6S/c1-10-16(33-2)6-5-13-17(34-11-3-4-12(21(29)30)14(7-11)22(31)32)8-15(27-19(10)13)20-28-18(9-35-20)23(24,25)26/h5-6,8-9,11-12,14H,3-4,7H2,1-2H3,(H,29,30)(H,31,32)/t11-,12-,14-/m1/s1. The van der Waals surface area contributed by atoms with Gasteiger partial charge in [0.05, 0.1) is 30.6 Å². The molecule has 4 rings (SSSR count). The van der Waals surface area contributed by atoms with E-state index in [0.29, 0.717) is 34.4 Å². The van der Waals surface area contributed by atoms with Crippen molar-refractivity contribution in [2.75, 3.05) is 7.11 Å². The van der Waals surface area contributed by atoms with E-state index in [1.165, 1.54) is 13.2 Å². The highest BCUT2D eigenvalue weighted by molar-refractivity contribution is 7.13. The van der Waals surface area contributed by atoms with Crippen molar-refractivity contribution in [3.05, 3.63) is 34.8 Å². The molecule has 0 saturated heterocycles. The fourth-order valence-electron chi connectivity index (χ4n) is 4.32. The van der Waals surface area contributed by atoms with Crippen molar-refractivity contribution in [3.63, 3.8) is 0 Å². The highest BCUT2D eigenvalue weighted by Crippen LogP contribution is 2.40. The first kappa shape index (κ1) is 24.7. The maximum Gasteiger partial charge on any atom is 0.434 e. The molecule has 0 amide bonds. The minimum atomic E-state index is -4.60. The molecule has 2 heterocycles. The largest absolute Gasteiger partial charge is 0.496 e. The molecule has 1 aliphatic carbocycles. The molecule has 3 aromatic rings. The van der Waals surface area contributed by atoms with Crippen molar-refractivity contribution in [2.24, 2.45) is 11.8 Å². The Morgan fingerprint density at radius 1 is 1.09 bits per heavy atom. The van der Waals surface area contributed by atoms with Gasteiger partial charge in [-0.15, -0.1) is 11.3 Å². The summed E-state index contributed by atoms with van der Waals surface area (Å²) in [7, 11) is 1.48. The number of benzene rings is 1. The Hall–Kier alpha value is -3.41. The molecular formula is C23H21F3N2O6S. The molecule has 3 atom stereocenters. The summed E-state index contributed by atoms with van der Waals surface area (Å²) < 4.78 is 50.8. The summed E-state index contributed by atoms with van der Waals surface area (Å²) >= 11 is 0.793. The van der Waals surface area contributed by atoms with Crippen molar-refractivity contribution >= 4 is 34.2 Å². The number of aliphatic carboxylic acids is 2. The fourth-order valence-corrected chi connectivity index (χ4v) is 5.10. The quantitative estimate of drug-likeness (QED) is 0.474. The molecule has 1 aliphatic rings. The van der Waals surface area contributed by atoms with Crippen molar-refractivity contribution in [1.29, 1.82) is 0 Å². The molecule has 1 saturated carbocycles. The fraction of sp³-hybridized carbons (Fsp3) is 0.391. The lowest BCUT2D eigenvalue weighted by molar-refractivity contribution is -0.157. The highest BCUT2D eigenvalue weighted by Gasteiger charge is 2.40. The second-order valence-electron chi connectivity index (χ2n) is 8.27. The summed E-state index contributed by atoms with van der Waals surface area (Å²) in [5.41, 5.74) is 0.218. The number of aryl methyl sites for hydroxylation is 1. The van der Waals surface area contributed by atoms with Gasteiger partial charge in [0, 0.05) is 22.4 Å². The number of rotatable bonds is 6. The second kappa shape index (κ2) is 9.33.